The fraction of sp³-hybridized carbons (Fsp3) is 0.308. The monoisotopic (exact) mass is 258 g/mol. The quantitative estimate of drug-likeness (QED) is 0.778. The van der Waals surface area contributed by atoms with Crippen molar-refractivity contribution in [3.8, 4) is 0 Å². The lowest BCUT2D eigenvalue weighted by molar-refractivity contribution is 0.364. The van der Waals surface area contributed by atoms with Crippen LogP contribution in [0.5, 0.6) is 0 Å². The van der Waals surface area contributed by atoms with Gasteiger partial charge in [-0.2, -0.15) is 4.98 Å². The van der Waals surface area contributed by atoms with Crippen LogP contribution in [0.3, 0.4) is 0 Å². The molecule has 6 heteroatoms. The third-order valence-corrected chi connectivity index (χ3v) is 2.79. The molecule has 0 bridgehead atoms. The van der Waals surface area contributed by atoms with Crippen molar-refractivity contribution in [2.45, 2.75) is 26.8 Å². The second-order valence-corrected chi connectivity index (χ2v) is 4.46. The first-order valence-electron chi connectivity index (χ1n) is 6.06. The molecule has 1 aromatic carbocycles. The van der Waals surface area contributed by atoms with E-state index in [0.29, 0.717) is 17.6 Å². The molecule has 0 aliphatic carbocycles. The Morgan fingerprint density at radius 1 is 1.21 bits per heavy atom. The molecule has 6 nitrogen and oxygen atoms in total. The van der Waals surface area contributed by atoms with Crippen molar-refractivity contribution in [2.24, 2.45) is 0 Å². The van der Waals surface area contributed by atoms with Crippen LogP contribution in [0.1, 0.15) is 30.6 Å². The van der Waals surface area contributed by atoms with Gasteiger partial charge in [-0.05, 0) is 32.0 Å². The largest absolute Gasteiger partial charge is 0.441 e. The maximum atomic E-state index is 5.44. The van der Waals surface area contributed by atoms with Crippen molar-refractivity contribution < 1.29 is 8.94 Å². The Balaban J connectivity index is 1.84. The first-order chi connectivity index (χ1) is 9.11. The highest BCUT2D eigenvalue weighted by molar-refractivity contribution is 5.77. The average Bonchev–Trinajstić information content (AvgIpc) is 2.93. The van der Waals surface area contributed by atoms with Gasteiger partial charge in [-0.1, -0.05) is 5.16 Å². The minimum atomic E-state index is -0.0633. The number of nitrogens with zero attached hydrogens (tertiary/aromatic N) is 3. The lowest BCUT2D eigenvalue weighted by Crippen LogP contribution is -2.06. The molecule has 2 heterocycles. The number of aromatic nitrogens is 3. The highest BCUT2D eigenvalue weighted by Crippen LogP contribution is 2.23. The van der Waals surface area contributed by atoms with Gasteiger partial charge in [-0.15, -0.1) is 0 Å². The first kappa shape index (κ1) is 11.7. The van der Waals surface area contributed by atoms with Gasteiger partial charge in [0.15, 0.2) is 17.3 Å². The van der Waals surface area contributed by atoms with E-state index in [1.165, 1.54) is 0 Å². The van der Waals surface area contributed by atoms with Gasteiger partial charge in [-0.3, -0.25) is 0 Å². The van der Waals surface area contributed by atoms with Crippen molar-refractivity contribution in [1.82, 2.24) is 15.1 Å². The van der Waals surface area contributed by atoms with E-state index in [4.69, 9.17) is 8.94 Å². The van der Waals surface area contributed by atoms with E-state index in [1.807, 2.05) is 32.0 Å². The molecule has 0 aliphatic rings. The molecule has 0 radical (unpaired) electrons. The molecule has 3 aromatic rings. The minimum Gasteiger partial charge on any atom is -0.441 e. The molecule has 0 saturated carbocycles. The zero-order valence-corrected chi connectivity index (χ0v) is 11.0. The van der Waals surface area contributed by atoms with Crippen LogP contribution in [0.4, 0.5) is 5.69 Å². The van der Waals surface area contributed by atoms with Crippen LogP contribution in [0, 0.1) is 13.8 Å². The normalized spacial score (nSPS) is 12.8. The molecule has 3 rings (SSSR count). The van der Waals surface area contributed by atoms with E-state index in [-0.39, 0.29) is 6.04 Å². The Labute approximate surface area is 109 Å². The number of fused-ring (bicyclic) bond motifs is 1. The van der Waals surface area contributed by atoms with Gasteiger partial charge in [0.05, 0.1) is 0 Å². The molecule has 1 unspecified atom stereocenters. The van der Waals surface area contributed by atoms with Crippen LogP contribution in [0.2, 0.25) is 0 Å². The van der Waals surface area contributed by atoms with Crippen LogP contribution < -0.4 is 5.32 Å². The molecule has 1 N–H and O–H groups in total. The minimum absolute atomic E-state index is 0.0633. The molecule has 0 spiro atoms. The molecule has 0 saturated heterocycles. The molecule has 19 heavy (non-hydrogen) atoms. The van der Waals surface area contributed by atoms with Gasteiger partial charge >= 0.3 is 0 Å². The van der Waals surface area contributed by atoms with Crippen LogP contribution >= 0.6 is 0 Å². The highest BCUT2D eigenvalue weighted by atomic mass is 16.5. The Bertz CT molecular complexity index is 716. The number of anilines is 1. The summed E-state index contributed by atoms with van der Waals surface area (Å²) < 4.78 is 10.6. The summed E-state index contributed by atoms with van der Waals surface area (Å²) in [5.41, 5.74) is 2.55. The Morgan fingerprint density at radius 3 is 2.79 bits per heavy atom. The van der Waals surface area contributed by atoms with E-state index >= 15 is 0 Å². The van der Waals surface area contributed by atoms with Crippen molar-refractivity contribution in [2.75, 3.05) is 5.32 Å². The predicted molar refractivity (Wildman–Crippen MR) is 69.8 cm³/mol. The summed E-state index contributed by atoms with van der Waals surface area (Å²) in [7, 11) is 0. The van der Waals surface area contributed by atoms with Crippen molar-refractivity contribution in [3.05, 3.63) is 35.8 Å². The van der Waals surface area contributed by atoms with Gasteiger partial charge in [0.1, 0.15) is 11.6 Å². The number of benzene rings is 1. The van der Waals surface area contributed by atoms with E-state index in [0.717, 1.165) is 16.8 Å². The molecule has 0 aliphatic heterocycles. The fourth-order valence-electron chi connectivity index (χ4n) is 1.93. The van der Waals surface area contributed by atoms with Gasteiger partial charge < -0.3 is 14.3 Å². The van der Waals surface area contributed by atoms with Gasteiger partial charge in [0.25, 0.3) is 0 Å². The molecular formula is C13H14N4O2. The zero-order chi connectivity index (χ0) is 13.4. The third-order valence-electron chi connectivity index (χ3n) is 2.79. The maximum absolute atomic E-state index is 5.44. The number of rotatable bonds is 3. The number of nitrogens with one attached hydrogen (secondary N) is 1. The second kappa shape index (κ2) is 4.38. The van der Waals surface area contributed by atoms with Gasteiger partial charge in [0, 0.05) is 12.6 Å². The van der Waals surface area contributed by atoms with Gasteiger partial charge in [-0.25, -0.2) is 4.98 Å². The Kier molecular flexibility index (Phi) is 2.70. The van der Waals surface area contributed by atoms with Crippen LogP contribution in [0.25, 0.3) is 11.1 Å². The summed E-state index contributed by atoms with van der Waals surface area (Å²) in [6.45, 7) is 5.59. The SMILES string of the molecule is Cc1noc(C(C)Nc2ccc3oc(C)nc3c2)n1. The molecular weight excluding hydrogens is 244 g/mol. The number of aryl methyl sites for hydroxylation is 2. The summed E-state index contributed by atoms with van der Waals surface area (Å²) in [6.07, 6.45) is 0. The Hall–Kier alpha value is -2.37. The predicted octanol–water partition coefficient (Wildman–Crippen LogP) is 3.00. The van der Waals surface area contributed by atoms with Crippen molar-refractivity contribution >= 4 is 16.8 Å². The molecule has 0 amide bonds. The maximum Gasteiger partial charge on any atom is 0.248 e. The average molecular weight is 258 g/mol. The first-order valence-corrected chi connectivity index (χ1v) is 6.06. The summed E-state index contributed by atoms with van der Waals surface area (Å²) in [5, 5.41) is 7.07. The lowest BCUT2D eigenvalue weighted by Gasteiger charge is -2.10. The summed E-state index contributed by atoms with van der Waals surface area (Å²) in [5.74, 6) is 1.85. The molecule has 0 fully saturated rings. The third kappa shape index (κ3) is 2.29. The second-order valence-electron chi connectivity index (χ2n) is 4.46. The van der Waals surface area contributed by atoms with Crippen molar-refractivity contribution in [1.29, 1.82) is 0 Å². The fourth-order valence-corrected chi connectivity index (χ4v) is 1.93. The van der Waals surface area contributed by atoms with E-state index in [1.54, 1.807) is 6.92 Å². The summed E-state index contributed by atoms with van der Waals surface area (Å²) in [4.78, 5) is 8.50. The molecule has 98 valence electrons. The molecule has 1 atom stereocenters. The summed E-state index contributed by atoms with van der Waals surface area (Å²) >= 11 is 0. The van der Waals surface area contributed by atoms with E-state index in [9.17, 15) is 0 Å². The van der Waals surface area contributed by atoms with Crippen LogP contribution in [0.15, 0.2) is 27.1 Å². The smallest absolute Gasteiger partial charge is 0.248 e. The number of oxazole rings is 1. The standard InChI is InChI=1S/C13H14N4O2/c1-7(13-15-8(2)17-19-13)14-10-4-5-12-11(6-10)16-9(3)18-12/h4-7,14H,1-3H3. The topological polar surface area (TPSA) is 77.0 Å². The van der Waals surface area contributed by atoms with Gasteiger partial charge in [0.2, 0.25) is 5.89 Å². The molecule has 2 aromatic heterocycles. The number of hydrogen-bond donors (Lipinski definition) is 1. The lowest BCUT2D eigenvalue weighted by atomic mass is 10.2. The Morgan fingerprint density at radius 2 is 2.05 bits per heavy atom. The zero-order valence-electron chi connectivity index (χ0n) is 11.0. The van der Waals surface area contributed by atoms with E-state index < -0.39 is 0 Å². The highest BCUT2D eigenvalue weighted by Gasteiger charge is 2.13. The summed E-state index contributed by atoms with van der Waals surface area (Å²) in [6, 6.07) is 5.70. The van der Waals surface area contributed by atoms with Crippen molar-refractivity contribution in [3.63, 3.8) is 0 Å². The van der Waals surface area contributed by atoms with Crippen LogP contribution in [-0.2, 0) is 0 Å². The number of hydrogen-bond acceptors (Lipinski definition) is 6. The van der Waals surface area contributed by atoms with E-state index in [2.05, 4.69) is 20.4 Å². The van der Waals surface area contributed by atoms with Crippen LogP contribution in [-0.4, -0.2) is 15.1 Å².